The summed E-state index contributed by atoms with van der Waals surface area (Å²) in [5.41, 5.74) is 11.4. The van der Waals surface area contributed by atoms with E-state index in [9.17, 15) is 0 Å². The average molecular weight is 253 g/mol. The van der Waals surface area contributed by atoms with Gasteiger partial charge in [-0.2, -0.15) is 0 Å². The third-order valence-electron chi connectivity index (χ3n) is 3.93. The van der Waals surface area contributed by atoms with Crippen LogP contribution in [-0.4, -0.2) is 7.11 Å². The SMILES string of the molecule is COc1ccc(-c2ccc3c(c2)C(N)CCC3)cc1. The molecule has 98 valence electrons. The maximum Gasteiger partial charge on any atom is 0.118 e. The molecule has 0 spiro atoms. The van der Waals surface area contributed by atoms with Crippen molar-refractivity contribution in [1.29, 1.82) is 0 Å². The van der Waals surface area contributed by atoms with Crippen LogP contribution in [0.2, 0.25) is 0 Å². The molecular formula is C17H19NO. The average Bonchev–Trinajstić information content (AvgIpc) is 2.47. The number of fused-ring (bicyclic) bond motifs is 1. The number of methoxy groups -OCH3 is 1. The zero-order valence-electron chi connectivity index (χ0n) is 11.2. The van der Waals surface area contributed by atoms with E-state index in [0.717, 1.165) is 18.6 Å². The van der Waals surface area contributed by atoms with Crippen LogP contribution in [0.25, 0.3) is 11.1 Å². The Bertz CT molecular complexity index is 574. The number of benzene rings is 2. The minimum absolute atomic E-state index is 0.196. The van der Waals surface area contributed by atoms with E-state index in [-0.39, 0.29) is 6.04 Å². The van der Waals surface area contributed by atoms with E-state index in [1.165, 1.54) is 28.7 Å². The van der Waals surface area contributed by atoms with Crippen LogP contribution in [-0.2, 0) is 6.42 Å². The van der Waals surface area contributed by atoms with Gasteiger partial charge in [-0.15, -0.1) is 0 Å². The molecule has 2 aromatic rings. The maximum absolute atomic E-state index is 6.22. The molecule has 0 bridgehead atoms. The van der Waals surface area contributed by atoms with Gasteiger partial charge in [-0.25, -0.2) is 0 Å². The smallest absolute Gasteiger partial charge is 0.118 e. The molecule has 0 saturated carbocycles. The summed E-state index contributed by atoms with van der Waals surface area (Å²) in [6.07, 6.45) is 3.46. The lowest BCUT2D eigenvalue weighted by atomic mass is 9.86. The monoisotopic (exact) mass is 253 g/mol. The summed E-state index contributed by atoms with van der Waals surface area (Å²) < 4.78 is 5.19. The van der Waals surface area contributed by atoms with Crippen LogP contribution in [0.1, 0.15) is 30.0 Å². The third kappa shape index (κ3) is 2.36. The standard InChI is InChI=1S/C17H19NO/c1-19-15-9-7-12(8-10-15)14-6-5-13-3-2-4-17(18)16(13)11-14/h5-11,17H,2-4,18H2,1H3. The summed E-state index contributed by atoms with van der Waals surface area (Å²) >= 11 is 0. The molecule has 3 rings (SSSR count). The molecule has 2 N–H and O–H groups in total. The van der Waals surface area contributed by atoms with E-state index in [0.29, 0.717) is 0 Å². The number of aryl methyl sites for hydroxylation is 1. The van der Waals surface area contributed by atoms with Crippen molar-refractivity contribution in [3.05, 3.63) is 53.6 Å². The fourth-order valence-corrected chi connectivity index (χ4v) is 2.80. The number of ether oxygens (including phenoxy) is 1. The largest absolute Gasteiger partial charge is 0.497 e. The van der Waals surface area contributed by atoms with E-state index in [1.807, 2.05) is 12.1 Å². The molecule has 1 aliphatic carbocycles. The van der Waals surface area contributed by atoms with Crippen LogP contribution >= 0.6 is 0 Å². The van der Waals surface area contributed by atoms with Crippen molar-refractivity contribution in [2.75, 3.05) is 7.11 Å². The van der Waals surface area contributed by atoms with E-state index >= 15 is 0 Å². The Labute approximate surface area is 114 Å². The predicted molar refractivity (Wildman–Crippen MR) is 78.3 cm³/mol. The maximum atomic E-state index is 6.22. The molecule has 1 unspecified atom stereocenters. The lowest BCUT2D eigenvalue weighted by molar-refractivity contribution is 0.415. The van der Waals surface area contributed by atoms with Crippen LogP contribution < -0.4 is 10.5 Å². The Morgan fingerprint density at radius 1 is 1.05 bits per heavy atom. The lowest BCUT2D eigenvalue weighted by Crippen LogP contribution is -2.17. The van der Waals surface area contributed by atoms with Gasteiger partial charge in [0.25, 0.3) is 0 Å². The van der Waals surface area contributed by atoms with Crippen molar-refractivity contribution in [2.24, 2.45) is 5.73 Å². The molecule has 0 amide bonds. The number of nitrogens with two attached hydrogens (primary N) is 1. The van der Waals surface area contributed by atoms with Crippen LogP contribution in [0, 0.1) is 0 Å². The topological polar surface area (TPSA) is 35.2 Å². The summed E-state index contributed by atoms with van der Waals surface area (Å²) in [7, 11) is 1.69. The number of hydrogen-bond donors (Lipinski definition) is 1. The van der Waals surface area contributed by atoms with Crippen LogP contribution in [0.15, 0.2) is 42.5 Å². The second kappa shape index (κ2) is 5.06. The zero-order chi connectivity index (χ0) is 13.2. The molecule has 0 saturated heterocycles. The molecule has 0 heterocycles. The third-order valence-corrected chi connectivity index (χ3v) is 3.93. The minimum atomic E-state index is 0.196. The molecular weight excluding hydrogens is 234 g/mol. The van der Waals surface area contributed by atoms with Crippen molar-refractivity contribution in [3.63, 3.8) is 0 Å². The molecule has 0 aromatic heterocycles. The summed E-state index contributed by atoms with van der Waals surface area (Å²) in [6.45, 7) is 0. The van der Waals surface area contributed by atoms with Crippen LogP contribution in [0.5, 0.6) is 5.75 Å². The van der Waals surface area contributed by atoms with Gasteiger partial charge in [-0.05, 0) is 59.7 Å². The first kappa shape index (κ1) is 12.2. The van der Waals surface area contributed by atoms with Gasteiger partial charge in [0.2, 0.25) is 0 Å². The number of rotatable bonds is 2. The van der Waals surface area contributed by atoms with Crippen molar-refractivity contribution >= 4 is 0 Å². The highest BCUT2D eigenvalue weighted by Gasteiger charge is 2.17. The highest BCUT2D eigenvalue weighted by Crippen LogP contribution is 2.32. The van der Waals surface area contributed by atoms with Crippen molar-refractivity contribution in [2.45, 2.75) is 25.3 Å². The predicted octanol–water partition coefficient (Wildman–Crippen LogP) is 3.70. The lowest BCUT2D eigenvalue weighted by Gasteiger charge is -2.23. The quantitative estimate of drug-likeness (QED) is 0.885. The van der Waals surface area contributed by atoms with Gasteiger partial charge in [0, 0.05) is 6.04 Å². The molecule has 2 nitrogen and oxygen atoms in total. The Morgan fingerprint density at radius 3 is 2.53 bits per heavy atom. The summed E-state index contributed by atoms with van der Waals surface area (Å²) in [5.74, 6) is 0.887. The van der Waals surface area contributed by atoms with E-state index in [4.69, 9.17) is 10.5 Å². The molecule has 2 aromatic carbocycles. The fraction of sp³-hybridized carbons (Fsp3) is 0.294. The number of hydrogen-bond acceptors (Lipinski definition) is 2. The van der Waals surface area contributed by atoms with Gasteiger partial charge in [-0.1, -0.05) is 24.3 Å². The van der Waals surface area contributed by atoms with Crippen molar-refractivity contribution in [1.82, 2.24) is 0 Å². The second-order valence-corrected chi connectivity index (χ2v) is 5.14. The van der Waals surface area contributed by atoms with Crippen molar-refractivity contribution in [3.8, 4) is 16.9 Å². The van der Waals surface area contributed by atoms with Crippen molar-refractivity contribution < 1.29 is 4.74 Å². The minimum Gasteiger partial charge on any atom is -0.497 e. The van der Waals surface area contributed by atoms with Gasteiger partial charge < -0.3 is 10.5 Å². The Balaban J connectivity index is 1.98. The molecule has 1 aliphatic rings. The highest BCUT2D eigenvalue weighted by molar-refractivity contribution is 5.66. The molecule has 2 heteroatoms. The summed E-state index contributed by atoms with van der Waals surface area (Å²) in [5, 5.41) is 0. The molecule has 0 fully saturated rings. The van der Waals surface area contributed by atoms with E-state index < -0.39 is 0 Å². The summed E-state index contributed by atoms with van der Waals surface area (Å²) in [6, 6.07) is 15.0. The first-order valence-electron chi connectivity index (χ1n) is 6.81. The van der Waals surface area contributed by atoms with Gasteiger partial charge >= 0.3 is 0 Å². The second-order valence-electron chi connectivity index (χ2n) is 5.14. The Morgan fingerprint density at radius 2 is 1.79 bits per heavy atom. The van der Waals surface area contributed by atoms with Gasteiger partial charge in [-0.3, -0.25) is 0 Å². The van der Waals surface area contributed by atoms with Crippen LogP contribution in [0.3, 0.4) is 0 Å². The first-order chi connectivity index (χ1) is 9.28. The van der Waals surface area contributed by atoms with Crippen LogP contribution in [0.4, 0.5) is 0 Å². The molecule has 0 aliphatic heterocycles. The van der Waals surface area contributed by atoms with Gasteiger partial charge in [0.1, 0.15) is 5.75 Å². The zero-order valence-corrected chi connectivity index (χ0v) is 11.2. The Hall–Kier alpha value is -1.80. The molecule has 1 atom stereocenters. The molecule has 19 heavy (non-hydrogen) atoms. The normalized spacial score (nSPS) is 17.9. The van der Waals surface area contributed by atoms with E-state index in [1.54, 1.807) is 7.11 Å². The summed E-state index contributed by atoms with van der Waals surface area (Å²) in [4.78, 5) is 0. The molecule has 0 radical (unpaired) electrons. The Kier molecular flexibility index (Phi) is 3.26. The fourth-order valence-electron chi connectivity index (χ4n) is 2.80. The van der Waals surface area contributed by atoms with Gasteiger partial charge in [0.15, 0.2) is 0 Å². The highest BCUT2D eigenvalue weighted by atomic mass is 16.5. The first-order valence-corrected chi connectivity index (χ1v) is 6.81. The van der Waals surface area contributed by atoms with Gasteiger partial charge in [0.05, 0.1) is 7.11 Å². The van der Waals surface area contributed by atoms with E-state index in [2.05, 4.69) is 30.3 Å².